The monoisotopic (exact) mass is 362 g/mol. The van der Waals surface area contributed by atoms with Gasteiger partial charge in [0.2, 0.25) is 5.91 Å². The minimum atomic E-state index is -0.0736. The topological polar surface area (TPSA) is 68.2 Å². The molecule has 2 aromatic rings. The Hall–Kier alpha value is -2.05. The van der Waals surface area contributed by atoms with Crippen molar-refractivity contribution in [2.45, 2.75) is 12.3 Å². The lowest BCUT2D eigenvalue weighted by atomic mass is 9.90. The van der Waals surface area contributed by atoms with E-state index in [1.165, 1.54) is 0 Å². The smallest absolute Gasteiger partial charge is 0.225 e. The fourth-order valence-electron chi connectivity index (χ4n) is 3.25. The van der Waals surface area contributed by atoms with E-state index in [0.717, 1.165) is 23.4 Å². The van der Waals surface area contributed by atoms with Crippen LogP contribution < -0.4 is 15.4 Å². The first-order valence-electron chi connectivity index (χ1n) is 8.38. The van der Waals surface area contributed by atoms with Crippen LogP contribution in [-0.4, -0.2) is 42.4 Å². The second kappa shape index (κ2) is 7.89. The van der Waals surface area contributed by atoms with E-state index < -0.39 is 0 Å². The molecule has 0 bridgehead atoms. The van der Waals surface area contributed by atoms with Crippen LogP contribution in [0.25, 0.3) is 0 Å². The molecule has 2 heterocycles. The van der Waals surface area contributed by atoms with Crippen LogP contribution in [0.4, 0.5) is 0 Å². The fraction of sp³-hybridized carbons (Fsp3) is 0.444. The molecule has 2 N–H and O–H groups in total. The number of carbonyl (C=O) groups excluding carboxylic acids is 1. The zero-order chi connectivity index (χ0) is 17.8. The van der Waals surface area contributed by atoms with Crippen LogP contribution >= 0.6 is 11.6 Å². The highest BCUT2D eigenvalue weighted by Crippen LogP contribution is 2.28. The second-order valence-electron chi connectivity index (χ2n) is 6.32. The summed E-state index contributed by atoms with van der Waals surface area (Å²) in [6.45, 7) is 2.05. The van der Waals surface area contributed by atoms with Crippen LogP contribution in [0.2, 0.25) is 5.02 Å². The Bertz CT molecular complexity index is 746. The van der Waals surface area contributed by atoms with Crippen molar-refractivity contribution in [3.63, 3.8) is 0 Å². The Morgan fingerprint density at radius 3 is 3.00 bits per heavy atom. The van der Waals surface area contributed by atoms with Gasteiger partial charge >= 0.3 is 0 Å². The van der Waals surface area contributed by atoms with Crippen molar-refractivity contribution in [3.05, 3.63) is 46.7 Å². The van der Waals surface area contributed by atoms with Gasteiger partial charge < -0.3 is 15.4 Å². The van der Waals surface area contributed by atoms with Crippen molar-refractivity contribution in [1.29, 1.82) is 0 Å². The maximum atomic E-state index is 12.6. The molecule has 0 radical (unpaired) electrons. The minimum Gasteiger partial charge on any atom is -0.497 e. The van der Waals surface area contributed by atoms with Gasteiger partial charge in [-0.15, -0.1) is 0 Å². The summed E-state index contributed by atoms with van der Waals surface area (Å²) in [7, 11) is 3.50. The number of rotatable bonds is 6. The molecule has 1 aliphatic heterocycles. The standard InChI is InChI=1S/C18H23ClN4O2/c1-23-11-13(8-22-23)15-9-20-10-16(15)18(24)21-6-5-12-3-4-14(25-2)7-17(12)19/h3-4,7-8,11,15-16,20H,5-6,9-10H2,1-2H3,(H,21,24)/t15-,16+/m1/s1. The molecule has 1 aliphatic rings. The molecule has 0 unspecified atom stereocenters. The summed E-state index contributed by atoms with van der Waals surface area (Å²) in [4.78, 5) is 12.6. The zero-order valence-electron chi connectivity index (χ0n) is 14.5. The first-order valence-corrected chi connectivity index (χ1v) is 8.75. The van der Waals surface area contributed by atoms with Gasteiger partial charge in [-0.1, -0.05) is 17.7 Å². The maximum Gasteiger partial charge on any atom is 0.225 e. The van der Waals surface area contributed by atoms with Gasteiger partial charge in [-0.05, 0) is 29.7 Å². The average Bonchev–Trinajstić information content (AvgIpc) is 3.24. The molecular formula is C18H23ClN4O2. The molecule has 0 saturated carbocycles. The predicted octanol–water partition coefficient (Wildman–Crippen LogP) is 1.74. The van der Waals surface area contributed by atoms with Gasteiger partial charge in [0.1, 0.15) is 5.75 Å². The largest absolute Gasteiger partial charge is 0.497 e. The van der Waals surface area contributed by atoms with Gasteiger partial charge in [0, 0.05) is 43.8 Å². The summed E-state index contributed by atoms with van der Waals surface area (Å²) in [5.74, 6) is 0.895. The van der Waals surface area contributed by atoms with Crippen LogP contribution in [0.3, 0.4) is 0 Å². The van der Waals surface area contributed by atoms with E-state index in [9.17, 15) is 4.79 Å². The summed E-state index contributed by atoms with van der Waals surface area (Å²) in [5, 5.41) is 11.2. The number of hydrogen-bond acceptors (Lipinski definition) is 4. The minimum absolute atomic E-state index is 0.0727. The van der Waals surface area contributed by atoms with Crippen molar-refractivity contribution in [3.8, 4) is 5.75 Å². The van der Waals surface area contributed by atoms with Crippen molar-refractivity contribution >= 4 is 17.5 Å². The van der Waals surface area contributed by atoms with Crippen LogP contribution in [0.1, 0.15) is 17.0 Å². The van der Waals surface area contributed by atoms with E-state index in [-0.39, 0.29) is 17.7 Å². The maximum absolute atomic E-state index is 12.6. The molecule has 6 nitrogen and oxygen atoms in total. The lowest BCUT2D eigenvalue weighted by Crippen LogP contribution is -2.35. The molecule has 2 atom stereocenters. The lowest BCUT2D eigenvalue weighted by molar-refractivity contribution is -0.124. The molecule has 1 aromatic carbocycles. The summed E-state index contributed by atoms with van der Waals surface area (Å²) < 4.78 is 6.92. The summed E-state index contributed by atoms with van der Waals surface area (Å²) >= 11 is 6.24. The van der Waals surface area contributed by atoms with E-state index in [2.05, 4.69) is 15.7 Å². The van der Waals surface area contributed by atoms with Crippen molar-refractivity contribution < 1.29 is 9.53 Å². The number of nitrogens with zero attached hydrogens (tertiary/aromatic N) is 2. The van der Waals surface area contributed by atoms with Crippen molar-refractivity contribution in [1.82, 2.24) is 20.4 Å². The van der Waals surface area contributed by atoms with Gasteiger partial charge in [0.15, 0.2) is 0 Å². The summed E-state index contributed by atoms with van der Waals surface area (Å²) in [6.07, 6.45) is 4.51. The van der Waals surface area contributed by atoms with Gasteiger partial charge in [-0.3, -0.25) is 9.48 Å². The number of aromatic nitrogens is 2. The molecule has 1 fully saturated rings. The third-order valence-corrected chi connectivity index (χ3v) is 5.01. The number of hydrogen-bond donors (Lipinski definition) is 2. The number of amides is 1. The van der Waals surface area contributed by atoms with E-state index in [0.29, 0.717) is 24.5 Å². The van der Waals surface area contributed by atoms with E-state index in [1.807, 2.05) is 31.6 Å². The van der Waals surface area contributed by atoms with Crippen molar-refractivity contribution in [2.75, 3.05) is 26.7 Å². The normalized spacial score (nSPS) is 19.8. The lowest BCUT2D eigenvalue weighted by Gasteiger charge is -2.17. The Labute approximate surface area is 152 Å². The molecule has 0 spiro atoms. The van der Waals surface area contributed by atoms with Crippen LogP contribution in [0.5, 0.6) is 5.75 Å². The predicted molar refractivity (Wildman–Crippen MR) is 97.0 cm³/mol. The molecule has 7 heteroatoms. The Morgan fingerprint density at radius 1 is 1.48 bits per heavy atom. The number of halogens is 1. The number of nitrogens with one attached hydrogen (secondary N) is 2. The number of ether oxygens (including phenoxy) is 1. The van der Waals surface area contributed by atoms with Gasteiger partial charge in [0.25, 0.3) is 0 Å². The number of carbonyl (C=O) groups is 1. The highest BCUT2D eigenvalue weighted by Gasteiger charge is 2.34. The van der Waals surface area contributed by atoms with E-state index in [4.69, 9.17) is 16.3 Å². The number of methoxy groups -OCH3 is 1. The average molecular weight is 363 g/mol. The molecule has 1 aromatic heterocycles. The highest BCUT2D eigenvalue weighted by atomic mass is 35.5. The Kier molecular flexibility index (Phi) is 5.60. The number of benzene rings is 1. The molecule has 134 valence electrons. The number of aryl methyl sites for hydroxylation is 1. The van der Waals surface area contributed by atoms with Gasteiger partial charge in [-0.25, -0.2) is 0 Å². The Morgan fingerprint density at radius 2 is 2.32 bits per heavy atom. The third-order valence-electron chi connectivity index (χ3n) is 4.66. The molecule has 25 heavy (non-hydrogen) atoms. The van der Waals surface area contributed by atoms with Crippen LogP contribution in [0, 0.1) is 5.92 Å². The Balaban J connectivity index is 1.55. The highest BCUT2D eigenvalue weighted by molar-refractivity contribution is 6.31. The third kappa shape index (κ3) is 4.14. The molecule has 0 aliphatic carbocycles. The van der Waals surface area contributed by atoms with Crippen LogP contribution in [-0.2, 0) is 18.3 Å². The quantitative estimate of drug-likeness (QED) is 0.821. The summed E-state index contributed by atoms with van der Waals surface area (Å²) in [5.41, 5.74) is 2.10. The van der Waals surface area contributed by atoms with E-state index in [1.54, 1.807) is 17.9 Å². The molecule has 1 saturated heterocycles. The van der Waals surface area contributed by atoms with Crippen LogP contribution in [0.15, 0.2) is 30.6 Å². The van der Waals surface area contributed by atoms with E-state index >= 15 is 0 Å². The molecule has 1 amide bonds. The fourth-order valence-corrected chi connectivity index (χ4v) is 3.51. The first-order chi connectivity index (χ1) is 12.1. The second-order valence-corrected chi connectivity index (χ2v) is 6.72. The molecular weight excluding hydrogens is 340 g/mol. The SMILES string of the molecule is COc1ccc(CCNC(=O)[C@H]2CNC[C@@H]2c2cnn(C)c2)c(Cl)c1. The van der Waals surface area contributed by atoms with Gasteiger partial charge in [0.05, 0.1) is 19.2 Å². The van der Waals surface area contributed by atoms with Crippen molar-refractivity contribution in [2.24, 2.45) is 13.0 Å². The first kappa shape index (κ1) is 17.8. The molecule has 3 rings (SSSR count). The summed E-state index contributed by atoms with van der Waals surface area (Å²) in [6, 6.07) is 5.60. The van der Waals surface area contributed by atoms with Gasteiger partial charge in [-0.2, -0.15) is 5.10 Å². The zero-order valence-corrected chi connectivity index (χ0v) is 15.2.